The third-order valence-electron chi connectivity index (χ3n) is 5.87. The molecule has 6 nitrogen and oxygen atoms in total. The van der Waals surface area contributed by atoms with Gasteiger partial charge in [-0.05, 0) is 43.0 Å². The van der Waals surface area contributed by atoms with Gasteiger partial charge in [-0.2, -0.15) is 0 Å². The van der Waals surface area contributed by atoms with Gasteiger partial charge in [-0.15, -0.1) is 0 Å². The summed E-state index contributed by atoms with van der Waals surface area (Å²) < 4.78 is 20.8. The molecular weight excluding hydrogens is 417 g/mol. The number of aryl methyl sites for hydroxylation is 1. The second-order valence-corrected chi connectivity index (χ2v) is 8.75. The monoisotopic (exact) mass is 443 g/mol. The second-order valence-electron chi connectivity index (χ2n) is 8.75. The van der Waals surface area contributed by atoms with Crippen LogP contribution in [-0.2, 0) is 0 Å². The lowest BCUT2D eigenvalue weighted by Crippen LogP contribution is -2.50. The van der Waals surface area contributed by atoms with Gasteiger partial charge in [-0.3, -0.25) is 0 Å². The standard InChI is InChI=1S/C26H26FN5O/c1-17-9-10-18-6-3-4-7-20(18)23(17)33-24-21(8-5-12-29-24)22-11-13-30-25(32-22)31-19-14-26(2,27)16-28-15-19/h3-13,19,28H,14-16H2,1-2H3,(H,30,31,32)/t19-,26-/m0/s1. The first kappa shape index (κ1) is 21.3. The number of benzene rings is 2. The van der Waals surface area contributed by atoms with Crippen LogP contribution in [0.4, 0.5) is 10.3 Å². The Balaban J connectivity index is 1.46. The summed E-state index contributed by atoms with van der Waals surface area (Å²) in [5.41, 5.74) is 1.20. The average molecular weight is 444 g/mol. The summed E-state index contributed by atoms with van der Waals surface area (Å²) in [5.74, 6) is 1.70. The number of alkyl halides is 1. The van der Waals surface area contributed by atoms with E-state index in [-0.39, 0.29) is 6.04 Å². The Kier molecular flexibility index (Phi) is 5.64. The van der Waals surface area contributed by atoms with Crippen LogP contribution in [0.2, 0.25) is 0 Å². The molecule has 0 aliphatic carbocycles. The molecular formula is C26H26FN5O. The fourth-order valence-electron chi connectivity index (χ4n) is 4.28. The minimum atomic E-state index is -1.26. The van der Waals surface area contributed by atoms with Gasteiger partial charge in [0.2, 0.25) is 11.8 Å². The smallest absolute Gasteiger partial charge is 0.228 e. The topological polar surface area (TPSA) is 72.0 Å². The first-order chi connectivity index (χ1) is 16.0. The van der Waals surface area contributed by atoms with Crippen LogP contribution < -0.4 is 15.4 Å². The number of halogens is 1. The maximum absolute atomic E-state index is 14.4. The van der Waals surface area contributed by atoms with E-state index in [1.165, 1.54) is 0 Å². The van der Waals surface area contributed by atoms with Crippen molar-refractivity contribution in [1.29, 1.82) is 0 Å². The number of fused-ring (bicyclic) bond motifs is 1. The van der Waals surface area contributed by atoms with Crippen molar-refractivity contribution in [1.82, 2.24) is 20.3 Å². The van der Waals surface area contributed by atoms with Crippen molar-refractivity contribution in [3.63, 3.8) is 0 Å². The van der Waals surface area contributed by atoms with Crippen LogP contribution in [0, 0.1) is 6.92 Å². The minimum absolute atomic E-state index is 0.0908. The SMILES string of the molecule is Cc1ccc2ccccc2c1Oc1ncccc1-c1ccnc(N[C@@H]2CNC[C@@](C)(F)C2)n1. The van der Waals surface area contributed by atoms with E-state index in [9.17, 15) is 4.39 Å². The van der Waals surface area contributed by atoms with Crippen LogP contribution in [0.5, 0.6) is 11.6 Å². The van der Waals surface area contributed by atoms with Gasteiger partial charge in [-0.25, -0.2) is 19.3 Å². The molecule has 1 aliphatic heterocycles. The van der Waals surface area contributed by atoms with E-state index in [0.29, 0.717) is 37.0 Å². The molecule has 3 heterocycles. The number of hydrogen-bond acceptors (Lipinski definition) is 6. The Morgan fingerprint density at radius 3 is 2.82 bits per heavy atom. The van der Waals surface area contributed by atoms with E-state index in [4.69, 9.17) is 4.74 Å². The molecule has 1 aliphatic rings. The number of rotatable bonds is 5. The largest absolute Gasteiger partial charge is 0.437 e. The van der Waals surface area contributed by atoms with Crippen LogP contribution in [0.1, 0.15) is 18.9 Å². The minimum Gasteiger partial charge on any atom is -0.437 e. The molecule has 33 heavy (non-hydrogen) atoms. The number of ether oxygens (including phenoxy) is 1. The maximum Gasteiger partial charge on any atom is 0.228 e. The summed E-state index contributed by atoms with van der Waals surface area (Å²) in [6.45, 7) is 4.65. The summed E-state index contributed by atoms with van der Waals surface area (Å²) >= 11 is 0. The highest BCUT2D eigenvalue weighted by atomic mass is 19.1. The summed E-state index contributed by atoms with van der Waals surface area (Å²) in [6, 6.07) is 17.8. The lowest BCUT2D eigenvalue weighted by molar-refractivity contribution is 0.137. The Hall–Kier alpha value is -3.58. The Labute approximate surface area is 192 Å². The molecule has 2 atom stereocenters. The highest BCUT2D eigenvalue weighted by molar-refractivity contribution is 5.90. The third-order valence-corrected chi connectivity index (χ3v) is 5.87. The van der Waals surface area contributed by atoms with Gasteiger partial charge in [0.1, 0.15) is 11.4 Å². The van der Waals surface area contributed by atoms with Crippen LogP contribution in [0.15, 0.2) is 67.0 Å². The second kappa shape index (κ2) is 8.75. The molecule has 2 aromatic heterocycles. The number of piperidine rings is 1. The van der Waals surface area contributed by atoms with E-state index < -0.39 is 5.67 Å². The van der Waals surface area contributed by atoms with Crippen molar-refractivity contribution < 1.29 is 9.13 Å². The van der Waals surface area contributed by atoms with Crippen molar-refractivity contribution in [3.05, 3.63) is 72.6 Å². The van der Waals surface area contributed by atoms with Crippen molar-refractivity contribution >= 4 is 16.7 Å². The number of pyridine rings is 1. The van der Waals surface area contributed by atoms with Gasteiger partial charge in [0.15, 0.2) is 0 Å². The predicted molar refractivity (Wildman–Crippen MR) is 128 cm³/mol. The molecule has 0 saturated carbocycles. The molecule has 4 aromatic rings. The van der Waals surface area contributed by atoms with Crippen molar-refractivity contribution in [2.24, 2.45) is 0 Å². The molecule has 0 amide bonds. The zero-order valence-corrected chi connectivity index (χ0v) is 18.7. The Morgan fingerprint density at radius 2 is 1.94 bits per heavy atom. The van der Waals surface area contributed by atoms with Gasteiger partial charge in [0.25, 0.3) is 0 Å². The third kappa shape index (κ3) is 4.64. The van der Waals surface area contributed by atoms with Crippen molar-refractivity contribution in [3.8, 4) is 22.9 Å². The lowest BCUT2D eigenvalue weighted by atomic mass is 9.95. The Bertz CT molecular complexity index is 1290. The maximum atomic E-state index is 14.4. The van der Waals surface area contributed by atoms with Gasteiger partial charge in [0.05, 0.1) is 11.3 Å². The van der Waals surface area contributed by atoms with Gasteiger partial charge in [0, 0.05) is 43.3 Å². The normalized spacial score (nSPS) is 20.5. The summed E-state index contributed by atoms with van der Waals surface area (Å²) in [5, 5.41) is 8.52. The van der Waals surface area contributed by atoms with Crippen molar-refractivity contribution in [2.75, 3.05) is 18.4 Å². The zero-order valence-electron chi connectivity index (χ0n) is 18.7. The number of anilines is 1. The molecule has 0 bridgehead atoms. The first-order valence-electron chi connectivity index (χ1n) is 11.1. The van der Waals surface area contributed by atoms with E-state index >= 15 is 0 Å². The zero-order chi connectivity index (χ0) is 22.8. The van der Waals surface area contributed by atoms with Gasteiger partial charge in [-0.1, -0.05) is 36.4 Å². The molecule has 0 radical (unpaired) electrons. The molecule has 2 N–H and O–H groups in total. The molecule has 1 saturated heterocycles. The van der Waals surface area contributed by atoms with E-state index in [1.54, 1.807) is 19.3 Å². The van der Waals surface area contributed by atoms with Crippen LogP contribution in [0.3, 0.4) is 0 Å². The van der Waals surface area contributed by atoms with Crippen LogP contribution in [0.25, 0.3) is 22.0 Å². The van der Waals surface area contributed by atoms with Gasteiger partial charge >= 0.3 is 0 Å². The highest BCUT2D eigenvalue weighted by Crippen LogP contribution is 2.36. The molecule has 7 heteroatoms. The molecule has 0 spiro atoms. The highest BCUT2D eigenvalue weighted by Gasteiger charge is 2.32. The molecule has 168 valence electrons. The fraction of sp³-hybridized carbons (Fsp3) is 0.269. The fourth-order valence-corrected chi connectivity index (χ4v) is 4.28. The summed E-state index contributed by atoms with van der Waals surface area (Å²) in [7, 11) is 0. The molecule has 5 rings (SSSR count). The van der Waals surface area contributed by atoms with Crippen LogP contribution >= 0.6 is 0 Å². The molecule has 0 unspecified atom stereocenters. The quantitative estimate of drug-likeness (QED) is 0.436. The number of nitrogens with one attached hydrogen (secondary N) is 2. The number of nitrogens with zero attached hydrogens (tertiary/aromatic N) is 3. The lowest BCUT2D eigenvalue weighted by Gasteiger charge is -2.33. The van der Waals surface area contributed by atoms with E-state index in [2.05, 4.69) is 37.7 Å². The average Bonchev–Trinajstić information content (AvgIpc) is 2.81. The molecule has 1 fully saturated rings. The molecule has 2 aromatic carbocycles. The Morgan fingerprint density at radius 1 is 1.06 bits per heavy atom. The van der Waals surface area contributed by atoms with Gasteiger partial charge < -0.3 is 15.4 Å². The van der Waals surface area contributed by atoms with E-state index in [1.807, 2.05) is 49.4 Å². The van der Waals surface area contributed by atoms with Crippen molar-refractivity contribution in [2.45, 2.75) is 32.0 Å². The predicted octanol–water partition coefficient (Wildman–Crippen LogP) is 5.29. The number of aromatic nitrogens is 3. The van der Waals surface area contributed by atoms with Crippen LogP contribution in [-0.4, -0.2) is 39.8 Å². The first-order valence-corrected chi connectivity index (χ1v) is 11.1. The van der Waals surface area contributed by atoms with E-state index in [0.717, 1.165) is 27.6 Å². The summed E-state index contributed by atoms with van der Waals surface area (Å²) in [6.07, 6.45) is 3.79. The summed E-state index contributed by atoms with van der Waals surface area (Å²) in [4.78, 5) is 13.5. The number of hydrogen-bond donors (Lipinski definition) is 2.